The van der Waals surface area contributed by atoms with Crippen LogP contribution < -0.4 is 0 Å². The van der Waals surface area contributed by atoms with Crippen molar-refractivity contribution in [2.45, 2.75) is 0 Å². The zero-order valence-corrected chi connectivity index (χ0v) is 14.0. The largest absolute Gasteiger partial charge is 0.264 e. The lowest BCUT2D eigenvalue weighted by Crippen LogP contribution is -1.83. The first-order valence-corrected chi connectivity index (χ1v) is 8.30. The van der Waals surface area contributed by atoms with Crippen LogP contribution in [0.25, 0.3) is 33.0 Å². The van der Waals surface area contributed by atoms with E-state index in [0.29, 0.717) is 0 Å². The molecule has 0 aliphatic carbocycles. The smallest absolute Gasteiger partial charge is 0.0357 e. The Morgan fingerprint density at radius 2 is 1.30 bits per heavy atom. The van der Waals surface area contributed by atoms with E-state index in [9.17, 15) is 0 Å². The molecule has 1 aromatic heterocycles. The summed E-state index contributed by atoms with van der Waals surface area (Å²) in [6.45, 7) is 0. The summed E-state index contributed by atoms with van der Waals surface area (Å²) >= 11 is 3.66. The van der Waals surface area contributed by atoms with Gasteiger partial charge in [-0.1, -0.05) is 70.5 Å². The molecule has 110 valence electrons. The van der Waals surface area contributed by atoms with Crippen LogP contribution in [0.4, 0.5) is 0 Å². The number of hydrogen-bond donors (Lipinski definition) is 0. The van der Waals surface area contributed by atoms with Crippen LogP contribution in [0.5, 0.6) is 0 Å². The third kappa shape index (κ3) is 2.78. The van der Waals surface area contributed by atoms with Crippen LogP contribution in [-0.2, 0) is 0 Å². The number of aromatic nitrogens is 1. The lowest BCUT2D eigenvalue weighted by atomic mass is 9.99. The van der Waals surface area contributed by atoms with Gasteiger partial charge in [-0.15, -0.1) is 0 Å². The number of benzene rings is 3. The van der Waals surface area contributed by atoms with Gasteiger partial charge in [0.15, 0.2) is 0 Å². The van der Waals surface area contributed by atoms with Crippen molar-refractivity contribution in [3.8, 4) is 22.3 Å². The second-order valence-electron chi connectivity index (χ2n) is 5.50. The van der Waals surface area contributed by atoms with Crippen LogP contribution in [-0.4, -0.2) is 4.98 Å². The molecule has 0 saturated heterocycles. The predicted molar refractivity (Wildman–Crippen MR) is 100 cm³/mol. The second-order valence-corrected chi connectivity index (χ2v) is 6.35. The third-order valence-corrected chi connectivity index (χ3v) is 4.69. The van der Waals surface area contributed by atoms with Gasteiger partial charge in [0.2, 0.25) is 0 Å². The molecular formula is C21H14BrN. The molecule has 0 N–H and O–H groups in total. The Bertz CT molecular complexity index is 960. The molecule has 1 heterocycles. The molecule has 0 saturated carbocycles. The van der Waals surface area contributed by atoms with Crippen molar-refractivity contribution in [2.75, 3.05) is 0 Å². The SMILES string of the molecule is Brc1cc(-c2ccc(-c3ccccc3)cc2)cc2ccncc12. The Morgan fingerprint density at radius 1 is 0.652 bits per heavy atom. The van der Waals surface area contributed by atoms with Crippen LogP contribution in [0.15, 0.2) is 89.7 Å². The first kappa shape index (κ1) is 14.2. The maximum Gasteiger partial charge on any atom is 0.0357 e. The van der Waals surface area contributed by atoms with Crippen molar-refractivity contribution >= 4 is 26.7 Å². The zero-order chi connectivity index (χ0) is 15.6. The van der Waals surface area contributed by atoms with E-state index in [4.69, 9.17) is 0 Å². The van der Waals surface area contributed by atoms with Gasteiger partial charge in [-0.25, -0.2) is 0 Å². The van der Waals surface area contributed by atoms with Gasteiger partial charge in [-0.2, -0.15) is 0 Å². The number of rotatable bonds is 2. The summed E-state index contributed by atoms with van der Waals surface area (Å²) < 4.78 is 1.07. The first-order chi connectivity index (χ1) is 11.3. The highest BCUT2D eigenvalue weighted by Crippen LogP contribution is 2.31. The Kier molecular flexibility index (Phi) is 3.68. The number of hydrogen-bond acceptors (Lipinski definition) is 1. The van der Waals surface area contributed by atoms with Gasteiger partial charge < -0.3 is 0 Å². The van der Waals surface area contributed by atoms with Gasteiger partial charge in [-0.05, 0) is 45.8 Å². The summed E-state index contributed by atoms with van der Waals surface area (Å²) in [7, 11) is 0. The molecule has 0 atom stereocenters. The molecule has 3 aromatic carbocycles. The fraction of sp³-hybridized carbons (Fsp3) is 0. The van der Waals surface area contributed by atoms with E-state index < -0.39 is 0 Å². The van der Waals surface area contributed by atoms with Crippen LogP contribution in [0.1, 0.15) is 0 Å². The van der Waals surface area contributed by atoms with E-state index in [1.807, 2.05) is 24.5 Å². The Labute approximate surface area is 143 Å². The van der Waals surface area contributed by atoms with Crippen LogP contribution in [0, 0.1) is 0 Å². The van der Waals surface area contributed by atoms with E-state index in [2.05, 4.69) is 81.6 Å². The summed E-state index contributed by atoms with van der Waals surface area (Å²) in [5.41, 5.74) is 4.89. The van der Waals surface area contributed by atoms with Crippen LogP contribution >= 0.6 is 15.9 Å². The highest BCUT2D eigenvalue weighted by atomic mass is 79.9. The molecule has 4 rings (SSSR count). The van der Waals surface area contributed by atoms with Crippen molar-refractivity contribution in [1.82, 2.24) is 4.98 Å². The molecular weight excluding hydrogens is 346 g/mol. The quantitative estimate of drug-likeness (QED) is 0.407. The number of pyridine rings is 1. The van der Waals surface area contributed by atoms with E-state index in [1.165, 1.54) is 27.6 Å². The van der Waals surface area contributed by atoms with Crippen molar-refractivity contribution < 1.29 is 0 Å². The van der Waals surface area contributed by atoms with Gasteiger partial charge in [0.1, 0.15) is 0 Å². The molecule has 0 bridgehead atoms. The molecule has 0 aliphatic heterocycles. The van der Waals surface area contributed by atoms with E-state index in [0.717, 1.165) is 9.86 Å². The van der Waals surface area contributed by atoms with E-state index in [-0.39, 0.29) is 0 Å². The average molecular weight is 360 g/mol. The molecule has 4 aromatic rings. The molecule has 0 fully saturated rings. The summed E-state index contributed by atoms with van der Waals surface area (Å²) in [5.74, 6) is 0. The van der Waals surface area contributed by atoms with Gasteiger partial charge >= 0.3 is 0 Å². The minimum Gasteiger partial charge on any atom is -0.264 e. The van der Waals surface area contributed by atoms with Gasteiger partial charge in [0.25, 0.3) is 0 Å². The molecule has 2 heteroatoms. The number of halogens is 1. The number of fused-ring (bicyclic) bond motifs is 1. The van der Waals surface area contributed by atoms with Gasteiger partial charge in [0, 0.05) is 22.3 Å². The average Bonchev–Trinajstić information content (AvgIpc) is 2.63. The minimum absolute atomic E-state index is 1.07. The molecule has 0 amide bonds. The summed E-state index contributed by atoms with van der Waals surface area (Å²) in [4.78, 5) is 4.19. The van der Waals surface area contributed by atoms with Crippen molar-refractivity contribution in [3.63, 3.8) is 0 Å². The normalized spacial score (nSPS) is 10.8. The fourth-order valence-corrected chi connectivity index (χ4v) is 3.38. The van der Waals surface area contributed by atoms with Gasteiger partial charge in [0.05, 0.1) is 0 Å². The van der Waals surface area contributed by atoms with E-state index >= 15 is 0 Å². The molecule has 0 radical (unpaired) electrons. The third-order valence-electron chi connectivity index (χ3n) is 4.03. The number of nitrogens with zero attached hydrogens (tertiary/aromatic N) is 1. The fourth-order valence-electron chi connectivity index (χ4n) is 2.81. The summed E-state index contributed by atoms with van der Waals surface area (Å²) in [5, 5.41) is 2.33. The zero-order valence-electron chi connectivity index (χ0n) is 12.4. The van der Waals surface area contributed by atoms with Gasteiger partial charge in [-0.3, -0.25) is 4.98 Å². The monoisotopic (exact) mass is 359 g/mol. The molecule has 0 unspecified atom stereocenters. The second kappa shape index (κ2) is 5.98. The van der Waals surface area contributed by atoms with Crippen molar-refractivity contribution in [1.29, 1.82) is 0 Å². The molecule has 1 nitrogen and oxygen atoms in total. The maximum atomic E-state index is 4.19. The summed E-state index contributed by atoms with van der Waals surface area (Å²) in [6.07, 6.45) is 3.72. The van der Waals surface area contributed by atoms with Crippen molar-refractivity contribution in [2.24, 2.45) is 0 Å². The lowest BCUT2D eigenvalue weighted by Gasteiger charge is -2.08. The maximum absolute atomic E-state index is 4.19. The van der Waals surface area contributed by atoms with E-state index in [1.54, 1.807) is 0 Å². The molecule has 0 aliphatic rings. The Hall–Kier alpha value is -2.45. The first-order valence-electron chi connectivity index (χ1n) is 7.50. The lowest BCUT2D eigenvalue weighted by molar-refractivity contribution is 1.36. The Morgan fingerprint density at radius 3 is 2.04 bits per heavy atom. The Balaban J connectivity index is 1.76. The molecule has 23 heavy (non-hydrogen) atoms. The van der Waals surface area contributed by atoms with Crippen molar-refractivity contribution in [3.05, 3.63) is 89.7 Å². The summed E-state index contributed by atoms with van der Waals surface area (Å²) in [6, 6.07) is 25.6. The van der Waals surface area contributed by atoms with Crippen LogP contribution in [0.3, 0.4) is 0 Å². The predicted octanol–water partition coefficient (Wildman–Crippen LogP) is 6.33. The molecule has 0 spiro atoms. The minimum atomic E-state index is 1.07. The topological polar surface area (TPSA) is 12.9 Å². The highest BCUT2D eigenvalue weighted by molar-refractivity contribution is 9.10. The standard InChI is InChI=1S/C21H14BrN/c22-21-13-19(12-18-10-11-23-14-20(18)21)17-8-6-16(7-9-17)15-4-2-1-3-5-15/h1-14H. The highest BCUT2D eigenvalue weighted by Gasteiger charge is 2.05. The van der Waals surface area contributed by atoms with Crippen LogP contribution in [0.2, 0.25) is 0 Å².